The van der Waals surface area contributed by atoms with Gasteiger partial charge in [0.2, 0.25) is 10.0 Å². The molecule has 0 atom stereocenters. The summed E-state index contributed by atoms with van der Waals surface area (Å²) in [5, 5.41) is 10.7. The van der Waals surface area contributed by atoms with Crippen LogP contribution in [0.4, 0.5) is 10.1 Å². The van der Waals surface area contributed by atoms with E-state index in [0.717, 1.165) is 12.1 Å². The van der Waals surface area contributed by atoms with Crippen LogP contribution in [-0.2, 0) is 10.0 Å². The van der Waals surface area contributed by atoms with Gasteiger partial charge in [0.15, 0.2) is 0 Å². The monoisotopic (exact) mass is 277 g/mol. The molecule has 1 aromatic carbocycles. The summed E-state index contributed by atoms with van der Waals surface area (Å²) in [6.07, 6.45) is 0. The van der Waals surface area contributed by atoms with Crippen molar-refractivity contribution in [2.45, 2.75) is 11.8 Å². The molecule has 0 bridgehead atoms. The van der Waals surface area contributed by atoms with E-state index in [-0.39, 0.29) is 18.7 Å². The lowest BCUT2D eigenvalue weighted by atomic mass is 10.2. The van der Waals surface area contributed by atoms with Crippen LogP contribution in [0.3, 0.4) is 0 Å². The Balaban J connectivity index is 3.31. The fourth-order valence-electron chi connectivity index (χ4n) is 1.26. The van der Waals surface area contributed by atoms with E-state index in [0.29, 0.717) is 0 Å². The Morgan fingerprint density at radius 1 is 1.50 bits per heavy atom. The molecule has 18 heavy (non-hydrogen) atoms. The number of nitrogens with zero attached hydrogens (tertiary/aromatic N) is 1. The third-order valence-electron chi connectivity index (χ3n) is 2.23. The summed E-state index contributed by atoms with van der Waals surface area (Å²) < 4.78 is 38.9. The number of halogens is 1. The highest BCUT2D eigenvalue weighted by Gasteiger charge is 2.22. The number of rotatable bonds is 5. The van der Waals surface area contributed by atoms with Crippen molar-refractivity contribution in [1.82, 2.24) is 4.72 Å². The summed E-state index contributed by atoms with van der Waals surface area (Å²) in [6.45, 7) is 1.23. The molecule has 0 radical (unpaired) electrons. The summed E-state index contributed by atoms with van der Waals surface area (Å²) in [7, 11) is -3.99. The van der Waals surface area contributed by atoms with Gasteiger partial charge in [-0.3, -0.25) is 10.1 Å². The minimum Gasteiger partial charge on any atom is -0.329 e. The Morgan fingerprint density at radius 3 is 2.61 bits per heavy atom. The summed E-state index contributed by atoms with van der Waals surface area (Å²) in [5.74, 6) is -0.947. The molecule has 100 valence electrons. The van der Waals surface area contributed by atoms with E-state index in [1.807, 2.05) is 0 Å². The standard InChI is InChI=1S/C9H12FN3O4S/c1-6-8(10)4-7(5-9(6)13(14)15)18(16,17)12-3-2-11/h4-5,12H,2-3,11H2,1H3. The van der Waals surface area contributed by atoms with E-state index in [1.54, 1.807) is 0 Å². The molecule has 0 saturated heterocycles. The molecule has 0 aliphatic carbocycles. The normalized spacial score (nSPS) is 11.5. The van der Waals surface area contributed by atoms with Gasteiger partial charge in [-0.15, -0.1) is 0 Å². The molecule has 0 saturated carbocycles. The Kier molecular flexibility index (Phi) is 4.33. The summed E-state index contributed by atoms with van der Waals surface area (Å²) in [4.78, 5) is 9.34. The lowest BCUT2D eigenvalue weighted by Gasteiger charge is -2.07. The van der Waals surface area contributed by atoms with E-state index in [1.165, 1.54) is 6.92 Å². The van der Waals surface area contributed by atoms with Crippen molar-refractivity contribution >= 4 is 15.7 Å². The summed E-state index contributed by atoms with van der Waals surface area (Å²) >= 11 is 0. The molecule has 1 rings (SSSR count). The smallest absolute Gasteiger partial charge is 0.276 e. The van der Waals surface area contributed by atoms with E-state index < -0.39 is 31.3 Å². The van der Waals surface area contributed by atoms with Crippen LogP contribution in [0.1, 0.15) is 5.56 Å². The van der Waals surface area contributed by atoms with Crippen LogP contribution >= 0.6 is 0 Å². The van der Waals surface area contributed by atoms with Crippen LogP contribution in [-0.4, -0.2) is 26.4 Å². The molecule has 1 aromatic rings. The molecular formula is C9H12FN3O4S. The maximum Gasteiger partial charge on any atom is 0.276 e. The van der Waals surface area contributed by atoms with Crippen LogP contribution in [0.5, 0.6) is 0 Å². The molecule has 0 amide bonds. The number of nitrogens with two attached hydrogens (primary N) is 1. The molecule has 0 aromatic heterocycles. The fraction of sp³-hybridized carbons (Fsp3) is 0.333. The van der Waals surface area contributed by atoms with Gasteiger partial charge in [0.1, 0.15) is 5.82 Å². The second kappa shape index (κ2) is 5.38. The van der Waals surface area contributed by atoms with Gasteiger partial charge in [-0.05, 0) is 13.0 Å². The Bertz CT molecular complexity index is 573. The van der Waals surface area contributed by atoms with Gasteiger partial charge < -0.3 is 5.73 Å². The highest BCUT2D eigenvalue weighted by Crippen LogP contribution is 2.25. The van der Waals surface area contributed by atoms with Crippen molar-refractivity contribution in [3.8, 4) is 0 Å². The fourth-order valence-corrected chi connectivity index (χ4v) is 2.34. The number of hydrogen-bond donors (Lipinski definition) is 2. The first-order valence-electron chi connectivity index (χ1n) is 4.94. The lowest BCUT2D eigenvalue weighted by Crippen LogP contribution is -2.29. The number of hydrogen-bond acceptors (Lipinski definition) is 5. The highest BCUT2D eigenvalue weighted by atomic mass is 32.2. The Labute approximate surface area is 103 Å². The minimum atomic E-state index is -3.99. The van der Waals surface area contributed by atoms with Gasteiger partial charge >= 0.3 is 0 Å². The molecule has 0 fully saturated rings. The zero-order chi connectivity index (χ0) is 13.9. The van der Waals surface area contributed by atoms with Gasteiger partial charge in [-0.25, -0.2) is 17.5 Å². The molecular weight excluding hydrogens is 265 g/mol. The quantitative estimate of drug-likeness (QED) is 0.592. The molecule has 0 spiro atoms. The van der Waals surface area contributed by atoms with Crippen LogP contribution in [0, 0.1) is 22.9 Å². The van der Waals surface area contributed by atoms with Crippen LogP contribution in [0.2, 0.25) is 0 Å². The first kappa shape index (κ1) is 14.5. The lowest BCUT2D eigenvalue weighted by molar-refractivity contribution is -0.385. The molecule has 0 aliphatic rings. The van der Waals surface area contributed by atoms with Gasteiger partial charge in [-0.2, -0.15) is 0 Å². The predicted molar refractivity (Wildman–Crippen MR) is 62.0 cm³/mol. The van der Waals surface area contributed by atoms with Crippen molar-refractivity contribution in [3.63, 3.8) is 0 Å². The van der Waals surface area contributed by atoms with Crippen molar-refractivity contribution in [2.75, 3.05) is 13.1 Å². The number of benzene rings is 1. The zero-order valence-electron chi connectivity index (χ0n) is 9.51. The van der Waals surface area contributed by atoms with Crippen molar-refractivity contribution in [3.05, 3.63) is 33.6 Å². The highest BCUT2D eigenvalue weighted by molar-refractivity contribution is 7.89. The molecule has 0 unspecified atom stereocenters. The van der Waals surface area contributed by atoms with Crippen molar-refractivity contribution < 1.29 is 17.7 Å². The third-order valence-corrected chi connectivity index (χ3v) is 3.67. The van der Waals surface area contributed by atoms with Crippen LogP contribution in [0.15, 0.2) is 17.0 Å². The van der Waals surface area contributed by atoms with Gasteiger partial charge in [-0.1, -0.05) is 0 Å². The first-order chi connectivity index (χ1) is 8.29. The molecule has 9 heteroatoms. The summed E-state index contributed by atoms with van der Waals surface area (Å²) in [5.41, 5.74) is 4.35. The number of nitrogens with one attached hydrogen (secondary N) is 1. The van der Waals surface area contributed by atoms with E-state index >= 15 is 0 Å². The van der Waals surface area contributed by atoms with Crippen molar-refractivity contribution in [1.29, 1.82) is 0 Å². The Morgan fingerprint density at radius 2 is 2.11 bits per heavy atom. The van der Waals surface area contributed by atoms with Crippen LogP contribution in [0.25, 0.3) is 0 Å². The van der Waals surface area contributed by atoms with E-state index in [9.17, 15) is 22.9 Å². The second-order valence-electron chi connectivity index (χ2n) is 3.49. The molecule has 0 aliphatic heterocycles. The third kappa shape index (κ3) is 3.00. The van der Waals surface area contributed by atoms with E-state index in [4.69, 9.17) is 5.73 Å². The molecule has 7 nitrogen and oxygen atoms in total. The Hall–Kier alpha value is -1.58. The number of nitro benzene ring substituents is 1. The molecule has 3 N–H and O–H groups in total. The zero-order valence-corrected chi connectivity index (χ0v) is 10.3. The SMILES string of the molecule is Cc1c(F)cc(S(=O)(=O)NCCN)cc1[N+](=O)[O-]. The van der Waals surface area contributed by atoms with E-state index in [2.05, 4.69) is 4.72 Å². The van der Waals surface area contributed by atoms with Gasteiger partial charge in [0, 0.05) is 19.2 Å². The van der Waals surface area contributed by atoms with Gasteiger partial charge in [0.05, 0.1) is 15.4 Å². The maximum absolute atomic E-state index is 13.4. The van der Waals surface area contributed by atoms with Gasteiger partial charge in [0.25, 0.3) is 5.69 Å². The average Bonchev–Trinajstić information content (AvgIpc) is 2.29. The largest absolute Gasteiger partial charge is 0.329 e. The predicted octanol–water partition coefficient (Wildman–Crippen LogP) is 0.279. The second-order valence-corrected chi connectivity index (χ2v) is 5.26. The summed E-state index contributed by atoms with van der Waals surface area (Å²) in [6, 6.07) is 1.55. The number of nitro groups is 1. The molecule has 0 heterocycles. The maximum atomic E-state index is 13.4. The first-order valence-corrected chi connectivity index (χ1v) is 6.42. The van der Waals surface area contributed by atoms with Crippen LogP contribution < -0.4 is 10.5 Å². The topological polar surface area (TPSA) is 115 Å². The minimum absolute atomic E-state index is 0.0361. The average molecular weight is 277 g/mol. The number of sulfonamides is 1. The van der Waals surface area contributed by atoms with Crippen molar-refractivity contribution in [2.24, 2.45) is 5.73 Å².